The van der Waals surface area contributed by atoms with Crippen molar-refractivity contribution in [3.05, 3.63) is 59.7 Å². The lowest BCUT2D eigenvalue weighted by molar-refractivity contribution is -0.148. The number of aliphatic carboxylic acids is 1. The standard InChI is InChI=1S/C26H28N2O7/c29-23(30)22-21(9-12-34-22)27-24(31)26(10-13-33-14-11-26)28-25(32)35-15-20-18-7-3-1-5-16(18)17-6-2-4-8-19(17)20/h1-8,20-22H,9-15H2,(H,27,31)(H,28,32)(H,29,30)/t21-,22+/m0/s1. The van der Waals surface area contributed by atoms with E-state index in [0.717, 1.165) is 22.3 Å². The molecular formula is C26H28N2O7. The minimum Gasteiger partial charge on any atom is -0.479 e. The highest BCUT2D eigenvalue weighted by Crippen LogP contribution is 2.44. The van der Waals surface area contributed by atoms with Crippen molar-refractivity contribution < 1.29 is 33.7 Å². The highest BCUT2D eigenvalue weighted by molar-refractivity contribution is 5.91. The molecule has 2 aliphatic heterocycles. The molecule has 0 unspecified atom stereocenters. The molecule has 184 valence electrons. The number of hydrogen-bond donors (Lipinski definition) is 3. The van der Waals surface area contributed by atoms with Crippen LogP contribution >= 0.6 is 0 Å². The summed E-state index contributed by atoms with van der Waals surface area (Å²) in [5.41, 5.74) is 3.21. The Bertz CT molecular complexity index is 1080. The number of ether oxygens (including phenoxy) is 3. The first-order valence-electron chi connectivity index (χ1n) is 11.8. The number of carbonyl (C=O) groups excluding carboxylic acids is 2. The number of carboxylic acid groups (broad SMARTS) is 1. The van der Waals surface area contributed by atoms with Crippen molar-refractivity contribution in [2.75, 3.05) is 26.4 Å². The number of rotatable bonds is 6. The van der Waals surface area contributed by atoms with Gasteiger partial charge in [-0.1, -0.05) is 48.5 Å². The molecule has 3 aliphatic rings. The van der Waals surface area contributed by atoms with E-state index in [-0.39, 0.29) is 32.0 Å². The molecule has 35 heavy (non-hydrogen) atoms. The van der Waals surface area contributed by atoms with Crippen LogP contribution in [0.5, 0.6) is 0 Å². The van der Waals surface area contributed by atoms with Crippen LogP contribution in [0.25, 0.3) is 11.1 Å². The van der Waals surface area contributed by atoms with Crippen LogP contribution in [-0.2, 0) is 23.8 Å². The molecule has 0 aromatic heterocycles. The van der Waals surface area contributed by atoms with Crippen LogP contribution in [0, 0.1) is 0 Å². The van der Waals surface area contributed by atoms with E-state index in [0.29, 0.717) is 19.6 Å². The molecule has 3 N–H and O–H groups in total. The van der Waals surface area contributed by atoms with Crippen molar-refractivity contribution in [1.82, 2.24) is 10.6 Å². The molecule has 0 bridgehead atoms. The van der Waals surface area contributed by atoms with Crippen molar-refractivity contribution in [3.8, 4) is 11.1 Å². The molecule has 5 rings (SSSR count). The third kappa shape index (κ3) is 4.49. The van der Waals surface area contributed by atoms with Crippen LogP contribution in [0.1, 0.15) is 36.3 Å². The van der Waals surface area contributed by atoms with Gasteiger partial charge in [-0.3, -0.25) is 4.79 Å². The van der Waals surface area contributed by atoms with Crippen LogP contribution in [0.2, 0.25) is 0 Å². The molecule has 0 radical (unpaired) electrons. The van der Waals surface area contributed by atoms with Gasteiger partial charge in [0, 0.05) is 38.6 Å². The van der Waals surface area contributed by atoms with Crippen LogP contribution in [0.15, 0.2) is 48.5 Å². The zero-order chi connectivity index (χ0) is 24.4. The normalized spacial score (nSPS) is 22.6. The SMILES string of the molecule is O=C(NC1(C(=O)N[C@H]2CCO[C@H]2C(=O)O)CCOCC1)OCC1c2ccccc2-c2ccccc21. The fraction of sp³-hybridized carbons (Fsp3) is 0.423. The minimum atomic E-state index is -1.24. The highest BCUT2D eigenvalue weighted by Gasteiger charge is 2.45. The van der Waals surface area contributed by atoms with Gasteiger partial charge in [0.05, 0.1) is 6.04 Å². The van der Waals surface area contributed by atoms with E-state index >= 15 is 0 Å². The lowest BCUT2D eigenvalue weighted by Crippen LogP contribution is -2.63. The Hall–Kier alpha value is -3.43. The summed E-state index contributed by atoms with van der Waals surface area (Å²) in [6.07, 6.45) is -0.894. The van der Waals surface area contributed by atoms with E-state index in [9.17, 15) is 19.5 Å². The van der Waals surface area contributed by atoms with Gasteiger partial charge in [-0.05, 0) is 28.7 Å². The van der Waals surface area contributed by atoms with Crippen LogP contribution in [-0.4, -0.2) is 67.2 Å². The first-order chi connectivity index (χ1) is 17.0. The second-order valence-electron chi connectivity index (χ2n) is 9.14. The number of alkyl carbamates (subject to hydrolysis) is 1. The summed E-state index contributed by atoms with van der Waals surface area (Å²) in [5.74, 6) is -1.67. The Kier molecular flexibility index (Phi) is 6.44. The maximum atomic E-state index is 13.3. The summed E-state index contributed by atoms with van der Waals surface area (Å²) in [6, 6.07) is 15.5. The van der Waals surface area contributed by atoms with Gasteiger partial charge in [0.1, 0.15) is 12.1 Å². The van der Waals surface area contributed by atoms with Crippen molar-refractivity contribution >= 4 is 18.0 Å². The van der Waals surface area contributed by atoms with E-state index in [1.807, 2.05) is 36.4 Å². The molecule has 1 aliphatic carbocycles. The zero-order valence-electron chi connectivity index (χ0n) is 19.2. The Labute approximate surface area is 202 Å². The summed E-state index contributed by atoms with van der Waals surface area (Å²) in [5, 5.41) is 14.9. The maximum Gasteiger partial charge on any atom is 0.408 e. The van der Waals surface area contributed by atoms with Gasteiger partial charge < -0.3 is 30.0 Å². The summed E-state index contributed by atoms with van der Waals surface area (Å²) >= 11 is 0. The van der Waals surface area contributed by atoms with Crippen LogP contribution < -0.4 is 10.6 Å². The average Bonchev–Trinajstić information content (AvgIpc) is 3.46. The molecule has 2 fully saturated rings. The minimum absolute atomic E-state index is 0.0976. The summed E-state index contributed by atoms with van der Waals surface area (Å²) in [7, 11) is 0. The number of amides is 2. The Morgan fingerprint density at radius 2 is 1.60 bits per heavy atom. The number of benzene rings is 2. The second-order valence-corrected chi connectivity index (χ2v) is 9.14. The Morgan fingerprint density at radius 1 is 0.971 bits per heavy atom. The lowest BCUT2D eigenvalue weighted by Gasteiger charge is -2.37. The van der Waals surface area contributed by atoms with E-state index < -0.39 is 35.7 Å². The molecule has 0 saturated carbocycles. The van der Waals surface area contributed by atoms with Gasteiger partial charge in [-0.2, -0.15) is 0 Å². The number of carboxylic acids is 1. The number of carbonyl (C=O) groups is 3. The topological polar surface area (TPSA) is 123 Å². The number of nitrogens with one attached hydrogen (secondary N) is 2. The first-order valence-corrected chi connectivity index (χ1v) is 11.8. The fourth-order valence-electron chi connectivity index (χ4n) is 5.25. The monoisotopic (exact) mass is 480 g/mol. The molecular weight excluding hydrogens is 452 g/mol. The molecule has 2 atom stereocenters. The highest BCUT2D eigenvalue weighted by atomic mass is 16.5. The number of fused-ring (bicyclic) bond motifs is 3. The molecule has 9 nitrogen and oxygen atoms in total. The molecule has 2 aromatic carbocycles. The van der Waals surface area contributed by atoms with E-state index in [2.05, 4.69) is 22.8 Å². The Morgan fingerprint density at radius 3 is 2.23 bits per heavy atom. The lowest BCUT2D eigenvalue weighted by atomic mass is 9.88. The Balaban J connectivity index is 1.28. The third-order valence-electron chi connectivity index (χ3n) is 7.12. The van der Waals surface area contributed by atoms with Gasteiger partial charge in [0.2, 0.25) is 5.91 Å². The predicted molar refractivity (Wildman–Crippen MR) is 125 cm³/mol. The fourth-order valence-corrected chi connectivity index (χ4v) is 5.25. The van der Waals surface area contributed by atoms with Gasteiger partial charge in [-0.25, -0.2) is 9.59 Å². The molecule has 2 amide bonds. The van der Waals surface area contributed by atoms with Crippen LogP contribution in [0.3, 0.4) is 0 Å². The number of hydrogen-bond acceptors (Lipinski definition) is 6. The second kappa shape index (κ2) is 9.67. The maximum absolute atomic E-state index is 13.3. The van der Waals surface area contributed by atoms with Gasteiger partial charge in [0.15, 0.2) is 6.10 Å². The van der Waals surface area contributed by atoms with E-state index in [4.69, 9.17) is 14.2 Å². The summed E-state index contributed by atoms with van der Waals surface area (Å²) in [4.78, 5) is 37.6. The predicted octanol–water partition coefficient (Wildman–Crippen LogP) is 2.43. The molecule has 2 saturated heterocycles. The van der Waals surface area contributed by atoms with E-state index in [1.54, 1.807) is 0 Å². The molecule has 0 spiro atoms. The quantitative estimate of drug-likeness (QED) is 0.580. The molecule has 2 heterocycles. The van der Waals surface area contributed by atoms with Crippen molar-refractivity contribution in [2.45, 2.75) is 42.9 Å². The zero-order valence-corrected chi connectivity index (χ0v) is 19.2. The largest absolute Gasteiger partial charge is 0.479 e. The van der Waals surface area contributed by atoms with Crippen molar-refractivity contribution in [1.29, 1.82) is 0 Å². The average molecular weight is 481 g/mol. The first kappa shape index (κ1) is 23.3. The summed E-state index contributed by atoms with van der Waals surface area (Å²) < 4.78 is 16.3. The molecule has 9 heteroatoms. The molecule has 2 aromatic rings. The van der Waals surface area contributed by atoms with Crippen molar-refractivity contribution in [2.24, 2.45) is 0 Å². The van der Waals surface area contributed by atoms with Crippen LogP contribution in [0.4, 0.5) is 4.79 Å². The van der Waals surface area contributed by atoms with E-state index in [1.165, 1.54) is 0 Å². The smallest absolute Gasteiger partial charge is 0.408 e. The van der Waals surface area contributed by atoms with Gasteiger partial charge in [0.25, 0.3) is 0 Å². The van der Waals surface area contributed by atoms with Gasteiger partial charge in [-0.15, -0.1) is 0 Å². The summed E-state index contributed by atoms with van der Waals surface area (Å²) in [6.45, 7) is 0.963. The van der Waals surface area contributed by atoms with Crippen molar-refractivity contribution in [3.63, 3.8) is 0 Å². The third-order valence-corrected chi connectivity index (χ3v) is 7.12. The van der Waals surface area contributed by atoms with Gasteiger partial charge >= 0.3 is 12.1 Å².